The standard InChI is InChI=1S/C21H30O3/c1-13(22)24-15-6-10-21(3)14(11-15)12-18(23)19-16-5-4-8-20(16,2)9-7-17(19)21/h12,15-17,19H,4-11H2,1-3H3/t15-,16-,17-,19-,20-,21-/m0/s1. The highest BCUT2D eigenvalue weighted by molar-refractivity contribution is 5.94. The molecule has 0 radical (unpaired) electrons. The number of carbonyl (C=O) groups excluding carboxylic acids is 2. The van der Waals surface area contributed by atoms with E-state index in [1.165, 1.54) is 44.6 Å². The first-order valence-corrected chi connectivity index (χ1v) is 9.76. The fourth-order valence-electron chi connectivity index (χ4n) is 6.69. The Bertz CT molecular complexity index is 606. The van der Waals surface area contributed by atoms with Crippen molar-refractivity contribution in [2.75, 3.05) is 0 Å². The number of allylic oxidation sites excluding steroid dienone is 1. The Hall–Kier alpha value is -1.12. The van der Waals surface area contributed by atoms with Crippen LogP contribution in [0.2, 0.25) is 0 Å². The Balaban J connectivity index is 1.65. The highest BCUT2D eigenvalue weighted by atomic mass is 16.5. The minimum Gasteiger partial charge on any atom is -0.462 e. The second-order valence-corrected chi connectivity index (χ2v) is 9.29. The van der Waals surface area contributed by atoms with E-state index in [0.29, 0.717) is 23.0 Å². The van der Waals surface area contributed by atoms with Crippen LogP contribution in [0.25, 0.3) is 0 Å². The van der Waals surface area contributed by atoms with Gasteiger partial charge in [0.2, 0.25) is 0 Å². The minimum atomic E-state index is -0.205. The number of fused-ring (bicyclic) bond motifs is 5. The van der Waals surface area contributed by atoms with Gasteiger partial charge in [-0.1, -0.05) is 25.8 Å². The van der Waals surface area contributed by atoms with Gasteiger partial charge in [-0.25, -0.2) is 0 Å². The van der Waals surface area contributed by atoms with Crippen molar-refractivity contribution < 1.29 is 14.3 Å². The van der Waals surface area contributed by atoms with Crippen molar-refractivity contribution in [1.82, 2.24) is 0 Å². The first-order chi connectivity index (χ1) is 11.3. The van der Waals surface area contributed by atoms with Gasteiger partial charge in [-0.05, 0) is 67.3 Å². The summed E-state index contributed by atoms with van der Waals surface area (Å²) >= 11 is 0. The molecule has 0 bridgehead atoms. The molecule has 3 nitrogen and oxygen atoms in total. The van der Waals surface area contributed by atoms with Crippen LogP contribution in [0.3, 0.4) is 0 Å². The molecule has 0 aliphatic heterocycles. The Morgan fingerprint density at radius 3 is 2.67 bits per heavy atom. The van der Waals surface area contributed by atoms with Crippen LogP contribution in [-0.4, -0.2) is 17.9 Å². The molecule has 0 aromatic carbocycles. The van der Waals surface area contributed by atoms with Crippen LogP contribution in [0, 0.1) is 28.6 Å². The van der Waals surface area contributed by atoms with E-state index in [4.69, 9.17) is 4.74 Å². The number of hydrogen-bond acceptors (Lipinski definition) is 3. The Kier molecular flexibility index (Phi) is 3.71. The number of esters is 1. The quantitative estimate of drug-likeness (QED) is 0.667. The van der Waals surface area contributed by atoms with Crippen LogP contribution in [0.5, 0.6) is 0 Å². The van der Waals surface area contributed by atoms with Gasteiger partial charge >= 0.3 is 5.97 Å². The minimum absolute atomic E-state index is 0.0356. The maximum atomic E-state index is 13.1. The average molecular weight is 330 g/mol. The molecule has 0 spiro atoms. The van der Waals surface area contributed by atoms with E-state index in [2.05, 4.69) is 13.8 Å². The zero-order valence-electron chi connectivity index (χ0n) is 15.3. The number of ether oxygens (including phenoxy) is 1. The molecule has 6 atom stereocenters. The second kappa shape index (κ2) is 5.44. The van der Waals surface area contributed by atoms with Gasteiger partial charge < -0.3 is 4.74 Å². The van der Waals surface area contributed by atoms with E-state index in [0.717, 1.165) is 19.3 Å². The zero-order chi connectivity index (χ0) is 17.1. The van der Waals surface area contributed by atoms with Crippen molar-refractivity contribution in [3.63, 3.8) is 0 Å². The van der Waals surface area contributed by atoms with Gasteiger partial charge in [0, 0.05) is 19.3 Å². The van der Waals surface area contributed by atoms with Gasteiger partial charge in [0.25, 0.3) is 0 Å². The van der Waals surface area contributed by atoms with Gasteiger partial charge in [0.15, 0.2) is 5.78 Å². The number of hydrogen-bond donors (Lipinski definition) is 0. The Morgan fingerprint density at radius 2 is 1.92 bits per heavy atom. The molecule has 3 saturated carbocycles. The van der Waals surface area contributed by atoms with Crippen LogP contribution >= 0.6 is 0 Å². The molecule has 0 unspecified atom stereocenters. The molecule has 4 rings (SSSR count). The van der Waals surface area contributed by atoms with E-state index in [1.54, 1.807) is 0 Å². The van der Waals surface area contributed by atoms with Gasteiger partial charge in [-0.2, -0.15) is 0 Å². The molecule has 3 heteroatoms. The Labute approximate surface area is 145 Å². The van der Waals surface area contributed by atoms with Gasteiger partial charge in [-0.3, -0.25) is 9.59 Å². The highest BCUT2D eigenvalue weighted by Crippen LogP contribution is 2.64. The lowest BCUT2D eigenvalue weighted by atomic mass is 9.48. The summed E-state index contributed by atoms with van der Waals surface area (Å²) in [6, 6.07) is 0. The number of carbonyl (C=O) groups is 2. The smallest absolute Gasteiger partial charge is 0.302 e. The van der Waals surface area contributed by atoms with Crippen LogP contribution in [0.15, 0.2) is 11.6 Å². The van der Waals surface area contributed by atoms with E-state index < -0.39 is 0 Å². The first kappa shape index (κ1) is 16.4. The van der Waals surface area contributed by atoms with Crippen molar-refractivity contribution >= 4 is 11.8 Å². The molecule has 0 aromatic heterocycles. The molecular weight excluding hydrogens is 300 g/mol. The molecule has 132 valence electrons. The number of rotatable bonds is 1. The molecule has 0 N–H and O–H groups in total. The maximum absolute atomic E-state index is 13.1. The lowest BCUT2D eigenvalue weighted by Crippen LogP contribution is -2.52. The topological polar surface area (TPSA) is 43.4 Å². The molecule has 4 aliphatic rings. The third-order valence-electron chi connectivity index (χ3n) is 8.01. The molecular formula is C21H30O3. The fraction of sp³-hybridized carbons (Fsp3) is 0.810. The summed E-state index contributed by atoms with van der Waals surface area (Å²) in [5.41, 5.74) is 1.79. The molecule has 24 heavy (non-hydrogen) atoms. The summed E-state index contributed by atoms with van der Waals surface area (Å²) in [5.74, 6) is 1.49. The average Bonchev–Trinajstić information content (AvgIpc) is 2.90. The summed E-state index contributed by atoms with van der Waals surface area (Å²) in [7, 11) is 0. The van der Waals surface area contributed by atoms with Crippen molar-refractivity contribution in [3.05, 3.63) is 11.6 Å². The van der Waals surface area contributed by atoms with Crippen molar-refractivity contribution in [2.24, 2.45) is 28.6 Å². The monoisotopic (exact) mass is 330 g/mol. The third kappa shape index (κ3) is 2.30. The summed E-state index contributed by atoms with van der Waals surface area (Å²) in [6.45, 7) is 6.28. The van der Waals surface area contributed by atoms with Crippen molar-refractivity contribution in [1.29, 1.82) is 0 Å². The predicted molar refractivity (Wildman–Crippen MR) is 92.3 cm³/mol. The van der Waals surface area contributed by atoms with Crippen LogP contribution in [0.4, 0.5) is 0 Å². The lowest BCUT2D eigenvalue weighted by Gasteiger charge is -2.56. The summed E-state index contributed by atoms with van der Waals surface area (Å²) < 4.78 is 5.45. The molecule has 3 fully saturated rings. The van der Waals surface area contributed by atoms with Crippen molar-refractivity contribution in [2.45, 2.75) is 78.2 Å². The molecule has 0 amide bonds. The van der Waals surface area contributed by atoms with Crippen LogP contribution in [0.1, 0.15) is 72.1 Å². The maximum Gasteiger partial charge on any atom is 0.302 e. The summed E-state index contributed by atoms with van der Waals surface area (Å²) in [6.07, 6.45) is 11.0. The van der Waals surface area contributed by atoms with E-state index in [-0.39, 0.29) is 23.4 Å². The molecule has 0 saturated heterocycles. The van der Waals surface area contributed by atoms with Crippen LogP contribution in [-0.2, 0) is 14.3 Å². The van der Waals surface area contributed by atoms with Gasteiger partial charge in [-0.15, -0.1) is 0 Å². The molecule has 4 aliphatic carbocycles. The van der Waals surface area contributed by atoms with Gasteiger partial charge in [0.1, 0.15) is 6.10 Å². The van der Waals surface area contributed by atoms with E-state index >= 15 is 0 Å². The molecule has 0 aromatic rings. The zero-order valence-corrected chi connectivity index (χ0v) is 15.3. The van der Waals surface area contributed by atoms with E-state index in [1.807, 2.05) is 6.08 Å². The normalized spacial score (nSPS) is 47.3. The van der Waals surface area contributed by atoms with Gasteiger partial charge in [0.05, 0.1) is 0 Å². The molecule has 0 heterocycles. The predicted octanol–water partition coefficient (Wildman–Crippen LogP) is 4.45. The number of ketones is 1. The third-order valence-corrected chi connectivity index (χ3v) is 8.01. The fourth-order valence-corrected chi connectivity index (χ4v) is 6.69. The summed E-state index contributed by atoms with van der Waals surface area (Å²) in [4.78, 5) is 24.4. The highest BCUT2D eigenvalue weighted by Gasteiger charge is 2.58. The Morgan fingerprint density at radius 1 is 1.12 bits per heavy atom. The van der Waals surface area contributed by atoms with Crippen molar-refractivity contribution in [3.8, 4) is 0 Å². The first-order valence-electron chi connectivity index (χ1n) is 9.76. The largest absolute Gasteiger partial charge is 0.462 e. The van der Waals surface area contributed by atoms with E-state index in [9.17, 15) is 9.59 Å². The van der Waals surface area contributed by atoms with Crippen LogP contribution < -0.4 is 0 Å². The lowest BCUT2D eigenvalue weighted by molar-refractivity contribution is -0.149. The summed E-state index contributed by atoms with van der Waals surface area (Å²) in [5, 5.41) is 0. The second-order valence-electron chi connectivity index (χ2n) is 9.29. The SMILES string of the molecule is CC(=O)O[C@H]1CC[C@@]2(C)C(=CC(=O)[C@H]3[C@@H]4CCC[C@@]4(C)CC[C@@H]32)C1.